The van der Waals surface area contributed by atoms with E-state index in [1.54, 1.807) is 0 Å². The molecule has 1 aromatic heterocycles. The number of piperazine rings is 1. The van der Waals surface area contributed by atoms with E-state index in [0.717, 1.165) is 42.3 Å². The van der Waals surface area contributed by atoms with Crippen molar-refractivity contribution >= 4 is 29.1 Å². The largest absolute Gasteiger partial charge is 0.329 e. The molecule has 1 saturated heterocycles. The lowest BCUT2D eigenvalue weighted by atomic mass is 10.1. The highest BCUT2D eigenvalue weighted by Gasteiger charge is 2.33. The van der Waals surface area contributed by atoms with Crippen molar-refractivity contribution in [2.24, 2.45) is 0 Å². The zero-order valence-electron chi connectivity index (χ0n) is 14.2. The molecule has 1 saturated carbocycles. The Bertz CT molecular complexity index is 921. The summed E-state index contributed by atoms with van der Waals surface area (Å²) in [6.45, 7) is 0.187. The van der Waals surface area contributed by atoms with Crippen LogP contribution in [0.5, 0.6) is 0 Å². The molecule has 2 fully saturated rings. The summed E-state index contributed by atoms with van der Waals surface area (Å²) < 4.78 is 32.0. The van der Waals surface area contributed by atoms with Gasteiger partial charge in [0.25, 0.3) is 5.91 Å². The summed E-state index contributed by atoms with van der Waals surface area (Å²) in [5.41, 5.74) is -0.618. The lowest BCUT2D eigenvalue weighted by Crippen LogP contribution is -2.54. The van der Waals surface area contributed by atoms with E-state index in [1.165, 1.54) is 15.9 Å². The molecule has 10 heteroatoms. The number of hydrogen-bond donors (Lipinski definition) is 2. The van der Waals surface area contributed by atoms with Crippen molar-refractivity contribution in [1.82, 2.24) is 19.2 Å². The second-order valence-electron chi connectivity index (χ2n) is 6.50. The first kappa shape index (κ1) is 17.7. The van der Waals surface area contributed by atoms with Crippen molar-refractivity contribution in [2.45, 2.75) is 18.8 Å². The maximum Gasteiger partial charge on any atom is 0.260 e. The van der Waals surface area contributed by atoms with Gasteiger partial charge in [-0.15, -0.1) is 0 Å². The summed E-state index contributed by atoms with van der Waals surface area (Å²) in [7, 11) is 0. The van der Waals surface area contributed by atoms with Gasteiger partial charge in [-0.3, -0.25) is 15.6 Å². The van der Waals surface area contributed by atoms with Crippen molar-refractivity contribution < 1.29 is 13.6 Å². The molecule has 27 heavy (non-hydrogen) atoms. The lowest BCUT2D eigenvalue weighted by molar-refractivity contribution is 0.0747. The van der Waals surface area contributed by atoms with Gasteiger partial charge in [-0.05, 0) is 36.5 Å². The first-order valence-electron chi connectivity index (χ1n) is 8.46. The zero-order chi connectivity index (χ0) is 19.1. The van der Waals surface area contributed by atoms with Crippen molar-refractivity contribution in [2.75, 3.05) is 19.6 Å². The monoisotopic (exact) mass is 390 g/mol. The Hall–Kier alpha value is -2.75. The lowest BCUT2D eigenvalue weighted by Gasteiger charge is -2.35. The molecule has 1 aliphatic heterocycles. The quantitative estimate of drug-likeness (QED) is 0.621. The summed E-state index contributed by atoms with van der Waals surface area (Å²) in [6.07, 6.45) is 2.12. The zero-order valence-corrected chi connectivity index (χ0v) is 15.0. The van der Waals surface area contributed by atoms with Gasteiger partial charge >= 0.3 is 0 Å². The highest BCUT2D eigenvalue weighted by Crippen LogP contribution is 2.38. The molecule has 140 valence electrons. The predicted molar refractivity (Wildman–Crippen MR) is 95.4 cm³/mol. The number of carbonyl (C=O) groups excluding carboxylic acids is 1. The smallest absolute Gasteiger partial charge is 0.260 e. The topological polar surface area (TPSA) is 97.0 Å². The Labute approximate surface area is 157 Å². The fourth-order valence-electron chi connectivity index (χ4n) is 2.94. The van der Waals surface area contributed by atoms with E-state index in [1.807, 2.05) is 0 Å². The van der Waals surface area contributed by atoms with E-state index in [2.05, 4.69) is 9.36 Å². The Kier molecular flexibility index (Phi) is 4.42. The van der Waals surface area contributed by atoms with E-state index >= 15 is 0 Å². The predicted octanol–water partition coefficient (Wildman–Crippen LogP) is 2.45. The molecule has 0 atom stereocenters. The van der Waals surface area contributed by atoms with Crippen LogP contribution in [-0.4, -0.2) is 56.4 Å². The second kappa shape index (κ2) is 6.76. The van der Waals surface area contributed by atoms with E-state index in [4.69, 9.17) is 10.8 Å². The van der Waals surface area contributed by atoms with Gasteiger partial charge in [0.15, 0.2) is 10.8 Å². The summed E-state index contributed by atoms with van der Waals surface area (Å²) in [6, 6.07) is 3.25. The van der Waals surface area contributed by atoms with Gasteiger partial charge in [-0.2, -0.15) is 4.37 Å². The fraction of sp³-hybridized carbons (Fsp3) is 0.353. The molecule has 0 unspecified atom stereocenters. The number of nitrogens with zero attached hydrogens (tertiary/aromatic N) is 4. The molecule has 2 aromatic rings. The normalized spacial score (nSPS) is 17.3. The Morgan fingerprint density at radius 2 is 1.93 bits per heavy atom. The van der Waals surface area contributed by atoms with Crippen LogP contribution in [0.3, 0.4) is 0 Å². The second-order valence-corrected chi connectivity index (χ2v) is 7.25. The average molecular weight is 390 g/mol. The third-order valence-corrected chi connectivity index (χ3v) is 5.32. The Morgan fingerprint density at radius 1 is 1.22 bits per heavy atom. The van der Waals surface area contributed by atoms with Crippen LogP contribution in [-0.2, 0) is 0 Å². The van der Waals surface area contributed by atoms with Crippen molar-refractivity contribution in [1.29, 1.82) is 10.8 Å². The molecule has 0 spiro atoms. The van der Waals surface area contributed by atoms with Crippen LogP contribution in [0.25, 0.3) is 0 Å². The average Bonchev–Trinajstić information content (AvgIpc) is 3.37. The molecule has 1 aromatic carbocycles. The number of hydrogen-bond acceptors (Lipinski definition) is 6. The summed E-state index contributed by atoms with van der Waals surface area (Å²) in [4.78, 5) is 19.5. The molecule has 4 rings (SSSR count). The molecule has 2 aliphatic rings. The molecule has 2 N–H and O–H groups in total. The minimum atomic E-state index is -0.928. The number of carbonyl (C=O) groups is 1. The van der Waals surface area contributed by atoms with Crippen molar-refractivity contribution in [3.63, 3.8) is 0 Å². The standard InChI is InChI=1S/C17H16F2N6OS/c18-10-2-1-3-11(19)13(10)17(26)24-6-7-25(12(20)8-24)14(21)16-22-15(23-27-16)9-4-5-9/h1-3,9,20-21H,4-8H2. The number of nitrogens with one attached hydrogen (secondary N) is 2. The van der Waals surface area contributed by atoms with Gasteiger partial charge < -0.3 is 9.80 Å². The van der Waals surface area contributed by atoms with Gasteiger partial charge in [0.1, 0.15) is 28.9 Å². The minimum absolute atomic E-state index is 0.000445. The molecular formula is C17H16F2N6OS. The molecule has 0 radical (unpaired) electrons. The van der Waals surface area contributed by atoms with E-state index in [9.17, 15) is 13.6 Å². The minimum Gasteiger partial charge on any atom is -0.329 e. The fourth-order valence-corrected chi connectivity index (χ4v) is 3.64. The third-order valence-electron chi connectivity index (χ3n) is 4.58. The molecule has 7 nitrogen and oxygen atoms in total. The summed E-state index contributed by atoms with van der Waals surface area (Å²) in [5.74, 6) is -1.46. The number of amides is 1. The van der Waals surface area contributed by atoms with Gasteiger partial charge in [-0.25, -0.2) is 13.8 Å². The molecular weight excluding hydrogens is 374 g/mol. The molecule has 2 heterocycles. The van der Waals surface area contributed by atoms with Crippen molar-refractivity contribution in [3.8, 4) is 0 Å². The first-order chi connectivity index (χ1) is 13.0. The Morgan fingerprint density at radius 3 is 2.56 bits per heavy atom. The third kappa shape index (κ3) is 3.32. The molecule has 0 bridgehead atoms. The van der Waals surface area contributed by atoms with Crippen LogP contribution < -0.4 is 0 Å². The van der Waals surface area contributed by atoms with Crippen LogP contribution in [0.1, 0.15) is 39.9 Å². The number of amidine groups is 2. The van der Waals surface area contributed by atoms with Crippen LogP contribution in [0.15, 0.2) is 18.2 Å². The first-order valence-corrected chi connectivity index (χ1v) is 9.24. The van der Waals surface area contributed by atoms with Crippen LogP contribution in [0.2, 0.25) is 0 Å². The molecule has 1 amide bonds. The van der Waals surface area contributed by atoms with E-state index < -0.39 is 23.1 Å². The number of rotatable bonds is 3. The van der Waals surface area contributed by atoms with Gasteiger partial charge in [0.2, 0.25) is 0 Å². The summed E-state index contributed by atoms with van der Waals surface area (Å²) in [5, 5.41) is 16.9. The van der Waals surface area contributed by atoms with Gasteiger partial charge in [-0.1, -0.05) is 6.07 Å². The highest BCUT2D eigenvalue weighted by atomic mass is 32.1. The van der Waals surface area contributed by atoms with Crippen LogP contribution in [0.4, 0.5) is 8.78 Å². The van der Waals surface area contributed by atoms with Crippen LogP contribution >= 0.6 is 11.5 Å². The van der Waals surface area contributed by atoms with Gasteiger partial charge in [0, 0.05) is 19.0 Å². The number of halogens is 2. The maximum absolute atomic E-state index is 13.9. The summed E-state index contributed by atoms with van der Waals surface area (Å²) >= 11 is 1.13. The highest BCUT2D eigenvalue weighted by molar-refractivity contribution is 7.07. The maximum atomic E-state index is 13.9. The van der Waals surface area contributed by atoms with Crippen LogP contribution in [0, 0.1) is 22.5 Å². The van der Waals surface area contributed by atoms with E-state index in [-0.39, 0.29) is 31.3 Å². The van der Waals surface area contributed by atoms with Gasteiger partial charge in [0.05, 0.1) is 6.54 Å². The molecule has 1 aliphatic carbocycles. The number of aromatic nitrogens is 2. The van der Waals surface area contributed by atoms with Crippen molar-refractivity contribution in [3.05, 3.63) is 46.2 Å². The number of benzene rings is 1. The SMILES string of the molecule is N=C1CN(C(=O)c2c(F)cccc2F)CCN1C(=N)c1nc(C2CC2)ns1. The van der Waals surface area contributed by atoms with E-state index in [0.29, 0.717) is 10.9 Å². The Balaban J connectivity index is 1.46.